The standard InChI is InChI=1S/C21H34O/c1-14-5-6-15-7-8-16-17(19(15,2)13-14)9-11-20(3)18(16)10-12-21(20,4)22/h5,15-18,22H,6-13H2,1-4H3/t15-,16-,17+,18+,19+,20+,21+/m1/s1/i4D3. The third-order valence-electron chi connectivity index (χ3n) is 8.63. The molecule has 0 aromatic rings. The highest BCUT2D eigenvalue weighted by Gasteiger charge is 2.62. The lowest BCUT2D eigenvalue weighted by molar-refractivity contribution is -0.138. The van der Waals surface area contributed by atoms with Crippen LogP contribution in [0.4, 0.5) is 0 Å². The lowest BCUT2D eigenvalue weighted by atomic mass is 9.45. The van der Waals surface area contributed by atoms with Crippen LogP contribution in [0.25, 0.3) is 0 Å². The molecule has 0 saturated heterocycles. The van der Waals surface area contributed by atoms with Crippen LogP contribution >= 0.6 is 0 Å². The maximum atomic E-state index is 11.2. The first-order valence-corrected chi connectivity index (χ1v) is 9.41. The Labute approximate surface area is 140 Å². The van der Waals surface area contributed by atoms with Crippen LogP contribution in [-0.4, -0.2) is 10.7 Å². The molecule has 7 atom stereocenters. The molecule has 0 unspecified atom stereocenters. The Balaban J connectivity index is 1.68. The Morgan fingerprint density at radius 1 is 1.14 bits per heavy atom. The van der Waals surface area contributed by atoms with Crippen LogP contribution in [0.2, 0.25) is 0 Å². The van der Waals surface area contributed by atoms with Gasteiger partial charge in [0.2, 0.25) is 0 Å². The first-order chi connectivity index (χ1) is 11.5. The Morgan fingerprint density at radius 2 is 1.91 bits per heavy atom. The van der Waals surface area contributed by atoms with Crippen molar-refractivity contribution in [3.05, 3.63) is 11.6 Å². The van der Waals surface area contributed by atoms with Gasteiger partial charge in [0.05, 0.1) is 5.60 Å². The normalized spacial score (nSPS) is 60.2. The summed E-state index contributed by atoms with van der Waals surface area (Å²) in [6.45, 7) is 4.61. The van der Waals surface area contributed by atoms with E-state index in [1.54, 1.807) is 0 Å². The quantitative estimate of drug-likeness (QED) is 0.599. The first-order valence-electron chi connectivity index (χ1n) is 10.9. The van der Waals surface area contributed by atoms with Crippen molar-refractivity contribution < 1.29 is 9.22 Å². The van der Waals surface area contributed by atoms with Gasteiger partial charge in [-0.2, -0.15) is 0 Å². The van der Waals surface area contributed by atoms with E-state index in [0.717, 1.165) is 25.2 Å². The molecular formula is C21H34O. The largest absolute Gasteiger partial charge is 0.390 e. The average Bonchev–Trinajstić information content (AvgIpc) is 2.79. The zero-order chi connectivity index (χ0) is 18.3. The van der Waals surface area contributed by atoms with Crippen molar-refractivity contribution in [2.24, 2.45) is 34.5 Å². The highest BCUT2D eigenvalue weighted by molar-refractivity contribution is 5.17. The number of rotatable bonds is 0. The minimum Gasteiger partial charge on any atom is -0.390 e. The van der Waals surface area contributed by atoms with E-state index in [1.807, 2.05) is 0 Å². The van der Waals surface area contributed by atoms with Gasteiger partial charge in [0, 0.05) is 4.11 Å². The van der Waals surface area contributed by atoms with Gasteiger partial charge in [-0.05, 0) is 99.6 Å². The summed E-state index contributed by atoms with van der Waals surface area (Å²) in [6, 6.07) is 0. The zero-order valence-corrected chi connectivity index (χ0v) is 14.5. The van der Waals surface area contributed by atoms with E-state index < -0.39 is 17.9 Å². The Kier molecular flexibility index (Phi) is 2.54. The van der Waals surface area contributed by atoms with Crippen molar-refractivity contribution in [2.45, 2.75) is 84.6 Å². The summed E-state index contributed by atoms with van der Waals surface area (Å²) in [7, 11) is 0. The van der Waals surface area contributed by atoms with Crippen LogP contribution in [0.15, 0.2) is 11.6 Å². The highest BCUT2D eigenvalue weighted by atomic mass is 16.3. The van der Waals surface area contributed by atoms with Crippen LogP contribution in [0.5, 0.6) is 0 Å². The topological polar surface area (TPSA) is 20.2 Å². The molecule has 1 N–H and O–H groups in total. The lowest BCUT2D eigenvalue weighted by Crippen LogP contribution is -2.55. The van der Waals surface area contributed by atoms with E-state index in [1.165, 1.54) is 31.3 Å². The second kappa shape index (κ2) is 4.62. The molecular weight excluding hydrogens is 268 g/mol. The maximum Gasteiger partial charge on any atom is 0.0675 e. The summed E-state index contributed by atoms with van der Waals surface area (Å²) in [6.07, 6.45) is 10.7. The molecule has 0 amide bonds. The number of allylic oxidation sites excluding steroid dienone is 2. The summed E-state index contributed by atoms with van der Waals surface area (Å²) < 4.78 is 24.0. The molecule has 0 aromatic carbocycles. The number of hydrogen-bond donors (Lipinski definition) is 1. The van der Waals surface area contributed by atoms with Crippen LogP contribution in [0.3, 0.4) is 0 Å². The minimum atomic E-state index is -2.27. The van der Waals surface area contributed by atoms with Crippen LogP contribution in [0.1, 0.15) is 83.1 Å². The van der Waals surface area contributed by atoms with Gasteiger partial charge in [0.15, 0.2) is 0 Å². The average molecular weight is 306 g/mol. The molecule has 1 nitrogen and oxygen atoms in total. The van der Waals surface area contributed by atoms with E-state index in [0.29, 0.717) is 29.6 Å². The van der Waals surface area contributed by atoms with E-state index in [9.17, 15) is 5.11 Å². The van der Waals surface area contributed by atoms with Gasteiger partial charge >= 0.3 is 0 Å². The molecule has 0 spiro atoms. The molecule has 124 valence electrons. The van der Waals surface area contributed by atoms with E-state index in [-0.39, 0.29) is 0 Å². The second-order valence-corrected chi connectivity index (χ2v) is 9.47. The van der Waals surface area contributed by atoms with Crippen molar-refractivity contribution >= 4 is 0 Å². The third kappa shape index (κ3) is 1.81. The van der Waals surface area contributed by atoms with Gasteiger partial charge in [-0.25, -0.2) is 0 Å². The molecule has 3 fully saturated rings. The molecule has 4 rings (SSSR count). The predicted octanol–water partition coefficient (Wildman–Crippen LogP) is 5.34. The molecule has 0 radical (unpaired) electrons. The van der Waals surface area contributed by atoms with Gasteiger partial charge in [-0.15, -0.1) is 0 Å². The maximum absolute atomic E-state index is 11.2. The van der Waals surface area contributed by atoms with Crippen LogP contribution in [-0.2, 0) is 0 Å². The van der Waals surface area contributed by atoms with Gasteiger partial charge in [0.25, 0.3) is 0 Å². The number of fused-ring (bicyclic) bond motifs is 5. The van der Waals surface area contributed by atoms with E-state index >= 15 is 0 Å². The Hall–Kier alpha value is -0.300. The fourth-order valence-corrected chi connectivity index (χ4v) is 7.23. The molecule has 0 heterocycles. The van der Waals surface area contributed by atoms with Gasteiger partial charge < -0.3 is 5.11 Å². The second-order valence-electron chi connectivity index (χ2n) is 9.47. The summed E-state index contributed by atoms with van der Waals surface area (Å²) in [5.41, 5.74) is -0.0139. The number of aliphatic hydroxyl groups is 1. The molecule has 3 saturated carbocycles. The van der Waals surface area contributed by atoms with E-state index in [2.05, 4.69) is 26.8 Å². The lowest BCUT2D eigenvalue weighted by Gasteiger charge is -2.60. The molecule has 22 heavy (non-hydrogen) atoms. The van der Waals surface area contributed by atoms with Crippen molar-refractivity contribution in [1.82, 2.24) is 0 Å². The Bertz CT molecular complexity index is 596. The minimum absolute atomic E-state index is 0.376. The van der Waals surface area contributed by atoms with Crippen LogP contribution in [0, 0.1) is 34.5 Å². The third-order valence-corrected chi connectivity index (χ3v) is 8.63. The fourth-order valence-electron chi connectivity index (χ4n) is 7.23. The monoisotopic (exact) mass is 305 g/mol. The SMILES string of the molecule is [2H]C([2H])([2H])[C@]1(O)CC[C@H]2[C@@H]3CC[C@H]4CC=C(C)C[C@]4(C)[C@H]3CC[C@@]21C. The van der Waals surface area contributed by atoms with Crippen molar-refractivity contribution in [3.8, 4) is 0 Å². The predicted molar refractivity (Wildman–Crippen MR) is 91.5 cm³/mol. The van der Waals surface area contributed by atoms with E-state index in [4.69, 9.17) is 4.11 Å². The molecule has 4 aliphatic rings. The van der Waals surface area contributed by atoms with Gasteiger partial charge in [-0.3, -0.25) is 0 Å². The van der Waals surface area contributed by atoms with Crippen molar-refractivity contribution in [3.63, 3.8) is 0 Å². The summed E-state index contributed by atoms with van der Waals surface area (Å²) in [5.74, 6) is 2.47. The van der Waals surface area contributed by atoms with Crippen molar-refractivity contribution in [2.75, 3.05) is 0 Å². The molecule has 0 bridgehead atoms. The van der Waals surface area contributed by atoms with Gasteiger partial charge in [-0.1, -0.05) is 25.5 Å². The van der Waals surface area contributed by atoms with Crippen molar-refractivity contribution in [1.29, 1.82) is 0 Å². The summed E-state index contributed by atoms with van der Waals surface area (Å²) in [5, 5.41) is 11.2. The fraction of sp³-hybridized carbons (Fsp3) is 0.905. The molecule has 0 aromatic heterocycles. The van der Waals surface area contributed by atoms with Crippen LogP contribution < -0.4 is 0 Å². The Morgan fingerprint density at radius 3 is 2.68 bits per heavy atom. The number of hydrogen-bond acceptors (Lipinski definition) is 1. The summed E-state index contributed by atoms with van der Waals surface area (Å²) in [4.78, 5) is 0. The zero-order valence-electron chi connectivity index (χ0n) is 17.5. The molecule has 1 heteroatoms. The molecule has 0 aliphatic heterocycles. The summed E-state index contributed by atoms with van der Waals surface area (Å²) >= 11 is 0. The highest BCUT2D eigenvalue weighted by Crippen LogP contribution is 2.68. The first kappa shape index (κ1) is 12.1. The molecule has 4 aliphatic carbocycles. The van der Waals surface area contributed by atoms with Gasteiger partial charge in [0.1, 0.15) is 0 Å². The smallest absolute Gasteiger partial charge is 0.0675 e.